The first kappa shape index (κ1) is 40.6. The maximum absolute atomic E-state index is 13.6. The van der Waals surface area contributed by atoms with Crippen molar-refractivity contribution in [2.45, 2.75) is 76.4 Å². The lowest BCUT2D eigenvalue weighted by Gasteiger charge is -2.46. The molecule has 1 spiro atoms. The number of benzene rings is 3. The van der Waals surface area contributed by atoms with Gasteiger partial charge >= 0.3 is 6.03 Å². The highest BCUT2D eigenvalue weighted by Crippen LogP contribution is 2.46. The number of hydrogen-bond donors (Lipinski definition) is 1. The molecule has 0 aliphatic carbocycles. The van der Waals surface area contributed by atoms with E-state index in [2.05, 4.69) is 72.0 Å². The van der Waals surface area contributed by atoms with Crippen molar-refractivity contribution >= 4 is 52.2 Å². The molecule has 1 N–H and O–H groups in total. The van der Waals surface area contributed by atoms with Crippen LogP contribution in [0.4, 0.5) is 27.5 Å². The number of likely N-dealkylation sites (tertiary alicyclic amines) is 2. The SMILES string of the molecule is C[C@@H]1CC2(CCN(c3ccc(C(=O)N4CCC(N5CCC(N6CCN(c7ccc(N8CCC(=O)NC8=O)cc7)CC6)CC5)CC4)cc3)CC2)CN1c1ccc(C#N)c(Cl)c1. The van der Waals surface area contributed by atoms with E-state index in [0.29, 0.717) is 41.7 Å². The number of nitrogens with zero attached hydrogens (tertiary/aromatic N) is 8. The minimum absolute atomic E-state index is 0.154. The number of imide groups is 1. The molecule has 6 saturated heterocycles. The quantitative estimate of drug-likeness (QED) is 0.288. The van der Waals surface area contributed by atoms with Crippen molar-refractivity contribution in [3.63, 3.8) is 0 Å². The zero-order chi connectivity index (χ0) is 41.4. The Hall–Kier alpha value is -4.83. The third kappa shape index (κ3) is 8.41. The first-order chi connectivity index (χ1) is 29.1. The number of halogens is 1. The number of hydrogen-bond acceptors (Lipinski definition) is 9. The number of carbonyl (C=O) groups excluding carboxylic acids is 3. The fourth-order valence-electron chi connectivity index (χ4n) is 11.1. The van der Waals surface area contributed by atoms with Gasteiger partial charge in [-0.1, -0.05) is 11.6 Å². The number of piperidine rings is 3. The number of amides is 4. The van der Waals surface area contributed by atoms with E-state index in [1.807, 2.05) is 42.5 Å². The average Bonchev–Trinajstić information content (AvgIpc) is 3.61. The van der Waals surface area contributed by atoms with Crippen molar-refractivity contribution in [1.82, 2.24) is 20.0 Å². The highest BCUT2D eigenvalue weighted by Gasteiger charge is 2.44. The standard InChI is InChI=1S/C47H58ClN9O3/c1-34-31-47(33-57(34)42-7-4-36(32-49)43(48)30-42)17-24-52(25-18-47)37-5-2-35(3-6-37)45(59)55-21-14-39(15-22-55)51-19-12-40(13-20-51)54-28-26-53(27-29-54)38-8-10-41(11-9-38)56-23-16-44(58)50-46(56)60/h2-11,30,34,39-40H,12-29,31,33H2,1H3,(H,50,58,60)/t34-/m1/s1. The number of rotatable bonds is 7. The van der Waals surface area contributed by atoms with Crippen molar-refractivity contribution in [2.75, 3.05) is 98.1 Å². The van der Waals surface area contributed by atoms with Gasteiger partial charge in [0.05, 0.1) is 10.6 Å². The van der Waals surface area contributed by atoms with Gasteiger partial charge < -0.3 is 24.5 Å². The van der Waals surface area contributed by atoms with Crippen molar-refractivity contribution in [2.24, 2.45) is 5.41 Å². The summed E-state index contributed by atoms with van der Waals surface area (Å²) in [6.07, 6.45) is 8.23. The lowest BCUT2D eigenvalue weighted by molar-refractivity contribution is -0.120. The predicted molar refractivity (Wildman–Crippen MR) is 237 cm³/mol. The summed E-state index contributed by atoms with van der Waals surface area (Å²) in [6, 6.07) is 25.7. The summed E-state index contributed by atoms with van der Waals surface area (Å²) < 4.78 is 0. The second kappa shape index (κ2) is 17.3. The number of urea groups is 1. The van der Waals surface area contributed by atoms with Crippen LogP contribution in [-0.2, 0) is 4.79 Å². The van der Waals surface area contributed by atoms with Gasteiger partial charge in [-0.15, -0.1) is 0 Å². The smallest absolute Gasteiger partial charge is 0.328 e. The molecule has 13 heteroatoms. The minimum atomic E-state index is -0.346. The molecule has 0 radical (unpaired) electrons. The second-order valence-corrected chi connectivity index (χ2v) is 18.5. The monoisotopic (exact) mass is 831 g/mol. The van der Waals surface area contributed by atoms with Crippen LogP contribution in [0.15, 0.2) is 66.7 Å². The Labute approximate surface area is 359 Å². The molecule has 0 aromatic heterocycles. The van der Waals surface area contributed by atoms with Gasteiger partial charge in [-0.2, -0.15) is 5.26 Å². The van der Waals surface area contributed by atoms with E-state index >= 15 is 0 Å². The molecule has 6 heterocycles. The van der Waals surface area contributed by atoms with E-state index in [-0.39, 0.29) is 23.3 Å². The van der Waals surface area contributed by atoms with Crippen molar-refractivity contribution in [3.05, 3.63) is 82.9 Å². The van der Waals surface area contributed by atoms with Gasteiger partial charge in [-0.3, -0.25) is 24.7 Å². The first-order valence-electron chi connectivity index (χ1n) is 22.2. The highest BCUT2D eigenvalue weighted by atomic mass is 35.5. The van der Waals surface area contributed by atoms with Gasteiger partial charge in [-0.05, 0) is 137 Å². The number of piperazine rings is 1. The van der Waals surface area contributed by atoms with Gasteiger partial charge in [-0.25, -0.2) is 4.79 Å². The van der Waals surface area contributed by atoms with Gasteiger partial charge in [0.2, 0.25) is 5.91 Å². The van der Waals surface area contributed by atoms with Crippen molar-refractivity contribution < 1.29 is 14.4 Å². The van der Waals surface area contributed by atoms with Crippen LogP contribution in [0.25, 0.3) is 0 Å². The summed E-state index contributed by atoms with van der Waals surface area (Å²) >= 11 is 6.39. The summed E-state index contributed by atoms with van der Waals surface area (Å²) in [5.41, 5.74) is 5.89. The van der Waals surface area contributed by atoms with Crippen LogP contribution in [0.2, 0.25) is 5.02 Å². The Morgan fingerprint density at radius 1 is 0.717 bits per heavy atom. The molecule has 3 aromatic carbocycles. The van der Waals surface area contributed by atoms with E-state index in [1.165, 1.54) is 24.2 Å². The second-order valence-electron chi connectivity index (χ2n) is 18.1. The van der Waals surface area contributed by atoms with Crippen molar-refractivity contribution in [1.29, 1.82) is 5.26 Å². The zero-order valence-corrected chi connectivity index (χ0v) is 35.7. The van der Waals surface area contributed by atoms with Crippen LogP contribution in [0, 0.1) is 16.7 Å². The molecule has 9 rings (SSSR count). The lowest BCUT2D eigenvalue weighted by atomic mass is 9.76. The number of carbonyl (C=O) groups is 3. The van der Waals surface area contributed by atoms with Crippen LogP contribution in [0.1, 0.15) is 74.2 Å². The van der Waals surface area contributed by atoms with Crippen LogP contribution >= 0.6 is 11.6 Å². The summed E-state index contributed by atoms with van der Waals surface area (Å²) in [5, 5.41) is 12.2. The Morgan fingerprint density at radius 3 is 1.90 bits per heavy atom. The molecular weight excluding hydrogens is 774 g/mol. The molecule has 3 aromatic rings. The third-order valence-corrected chi connectivity index (χ3v) is 15.0. The summed E-state index contributed by atoms with van der Waals surface area (Å²) in [5.74, 6) is -0.0604. The minimum Gasteiger partial charge on any atom is -0.371 e. The highest BCUT2D eigenvalue weighted by molar-refractivity contribution is 6.32. The van der Waals surface area contributed by atoms with E-state index in [0.717, 1.165) is 121 Å². The largest absolute Gasteiger partial charge is 0.371 e. The molecule has 4 amide bonds. The van der Waals surface area contributed by atoms with Gasteiger partial charge in [0.25, 0.3) is 5.91 Å². The van der Waals surface area contributed by atoms with E-state index in [4.69, 9.17) is 11.6 Å². The summed E-state index contributed by atoms with van der Waals surface area (Å²) in [4.78, 5) is 53.9. The molecule has 60 heavy (non-hydrogen) atoms. The van der Waals surface area contributed by atoms with Gasteiger partial charge in [0, 0.05) is 118 Å². The molecule has 0 saturated carbocycles. The van der Waals surface area contributed by atoms with Crippen LogP contribution in [0.5, 0.6) is 0 Å². The molecule has 0 unspecified atom stereocenters. The first-order valence-corrected chi connectivity index (χ1v) is 22.6. The Kier molecular flexibility index (Phi) is 11.7. The molecule has 12 nitrogen and oxygen atoms in total. The van der Waals surface area contributed by atoms with E-state index in [1.54, 1.807) is 4.90 Å². The lowest BCUT2D eigenvalue weighted by Crippen LogP contribution is -2.55. The van der Waals surface area contributed by atoms with E-state index < -0.39 is 0 Å². The predicted octanol–water partition coefficient (Wildman–Crippen LogP) is 6.43. The number of nitriles is 1. The normalized spacial score (nSPS) is 23.6. The molecule has 6 fully saturated rings. The summed E-state index contributed by atoms with van der Waals surface area (Å²) in [6.45, 7) is 13.7. The molecule has 6 aliphatic heterocycles. The average molecular weight is 832 g/mol. The maximum atomic E-state index is 13.6. The third-order valence-electron chi connectivity index (χ3n) is 14.7. The Morgan fingerprint density at radius 2 is 1.28 bits per heavy atom. The van der Waals surface area contributed by atoms with Crippen LogP contribution in [-0.4, -0.2) is 129 Å². The van der Waals surface area contributed by atoms with Gasteiger partial charge in [0.15, 0.2) is 0 Å². The fourth-order valence-corrected chi connectivity index (χ4v) is 11.3. The zero-order valence-electron chi connectivity index (χ0n) is 34.9. The van der Waals surface area contributed by atoms with E-state index in [9.17, 15) is 19.6 Å². The maximum Gasteiger partial charge on any atom is 0.328 e. The number of nitrogens with one attached hydrogen (secondary N) is 1. The molecule has 316 valence electrons. The topological polar surface area (TPSA) is 110 Å². The Bertz CT molecular complexity index is 2080. The van der Waals surface area contributed by atoms with Crippen molar-refractivity contribution in [3.8, 4) is 6.07 Å². The molecular formula is C47H58ClN9O3. The fraction of sp³-hybridized carbons (Fsp3) is 0.532. The summed E-state index contributed by atoms with van der Waals surface area (Å²) in [7, 11) is 0. The van der Waals surface area contributed by atoms with Crippen LogP contribution < -0.4 is 24.9 Å². The molecule has 1 atom stereocenters. The molecule has 6 aliphatic rings. The Balaban J connectivity index is 0.689. The van der Waals surface area contributed by atoms with Gasteiger partial charge in [0.1, 0.15) is 6.07 Å². The van der Waals surface area contributed by atoms with Crippen LogP contribution in [0.3, 0.4) is 0 Å². The molecule has 0 bridgehead atoms. The number of anilines is 4.